The van der Waals surface area contributed by atoms with Crippen molar-refractivity contribution in [3.63, 3.8) is 0 Å². The first-order valence-corrected chi connectivity index (χ1v) is 4.89. The highest BCUT2D eigenvalue weighted by Gasteiger charge is 2.01. The number of carbonyl (C=O) groups is 1. The summed E-state index contributed by atoms with van der Waals surface area (Å²) in [5, 5.41) is 0.705. The topological polar surface area (TPSA) is 17.1 Å². The zero-order valence-corrected chi connectivity index (χ0v) is 8.47. The largest absolute Gasteiger partial charge is 0.298 e. The molecule has 2 heteroatoms. The van der Waals surface area contributed by atoms with Gasteiger partial charge in [-0.05, 0) is 36.6 Å². The first kappa shape index (κ1) is 10.3. The monoisotopic (exact) mass is 196 g/mol. The molecule has 0 bridgehead atoms. The molecule has 0 aliphatic rings. The van der Waals surface area contributed by atoms with Gasteiger partial charge >= 0.3 is 0 Å². The van der Waals surface area contributed by atoms with Crippen molar-refractivity contribution < 1.29 is 4.79 Å². The molecule has 0 saturated heterocycles. The van der Waals surface area contributed by atoms with Crippen molar-refractivity contribution >= 4 is 17.9 Å². The average Bonchev–Trinajstić information content (AvgIpc) is 2.15. The van der Waals surface area contributed by atoms with Gasteiger partial charge in [0.05, 0.1) is 0 Å². The highest BCUT2D eigenvalue weighted by atomic mass is 35.5. The Morgan fingerprint density at radius 3 is 2.85 bits per heavy atom. The fraction of sp³-hybridized carbons (Fsp3) is 0.364. The van der Waals surface area contributed by atoms with E-state index in [1.54, 1.807) is 12.1 Å². The van der Waals surface area contributed by atoms with E-state index >= 15 is 0 Å². The van der Waals surface area contributed by atoms with Crippen molar-refractivity contribution in [3.8, 4) is 0 Å². The van der Waals surface area contributed by atoms with Crippen LogP contribution in [0.15, 0.2) is 18.2 Å². The van der Waals surface area contributed by atoms with E-state index in [4.69, 9.17) is 11.6 Å². The third-order valence-electron chi connectivity index (χ3n) is 2.03. The molecule has 13 heavy (non-hydrogen) atoms. The van der Waals surface area contributed by atoms with E-state index < -0.39 is 0 Å². The van der Waals surface area contributed by atoms with Crippen LogP contribution in [-0.4, -0.2) is 6.29 Å². The van der Waals surface area contributed by atoms with E-state index in [2.05, 4.69) is 6.92 Å². The zero-order valence-electron chi connectivity index (χ0n) is 7.72. The van der Waals surface area contributed by atoms with Gasteiger partial charge in [-0.1, -0.05) is 24.9 Å². The molecule has 1 nitrogen and oxygen atoms in total. The second-order valence-electron chi connectivity index (χ2n) is 3.06. The van der Waals surface area contributed by atoms with Crippen LogP contribution in [0.4, 0.5) is 0 Å². The van der Waals surface area contributed by atoms with E-state index in [1.807, 2.05) is 6.07 Å². The average molecular weight is 197 g/mol. The SMILES string of the molecule is CCCCc1cc(Cl)ccc1C=O. The second kappa shape index (κ2) is 5.03. The molecule has 0 amide bonds. The molecule has 1 rings (SSSR count). The van der Waals surface area contributed by atoms with E-state index in [0.717, 1.165) is 36.7 Å². The van der Waals surface area contributed by atoms with Gasteiger partial charge in [0, 0.05) is 10.6 Å². The third-order valence-corrected chi connectivity index (χ3v) is 2.27. The minimum atomic E-state index is 0.705. The smallest absolute Gasteiger partial charge is 0.150 e. The van der Waals surface area contributed by atoms with Crippen LogP contribution < -0.4 is 0 Å². The number of unbranched alkanes of at least 4 members (excludes halogenated alkanes) is 1. The van der Waals surface area contributed by atoms with Gasteiger partial charge in [0.1, 0.15) is 6.29 Å². The Balaban J connectivity index is 2.87. The first-order chi connectivity index (χ1) is 6.27. The van der Waals surface area contributed by atoms with Crippen LogP contribution in [0.3, 0.4) is 0 Å². The summed E-state index contributed by atoms with van der Waals surface area (Å²) in [4.78, 5) is 10.7. The summed E-state index contributed by atoms with van der Waals surface area (Å²) in [6.07, 6.45) is 4.05. The number of rotatable bonds is 4. The van der Waals surface area contributed by atoms with E-state index in [-0.39, 0.29) is 0 Å². The molecule has 0 heterocycles. The summed E-state index contributed by atoms with van der Waals surface area (Å²) in [6, 6.07) is 5.40. The van der Waals surface area contributed by atoms with Gasteiger partial charge in [-0.15, -0.1) is 0 Å². The molecule has 0 saturated carbocycles. The van der Waals surface area contributed by atoms with Crippen molar-refractivity contribution in [1.29, 1.82) is 0 Å². The normalized spacial score (nSPS) is 10.0. The molecule has 0 aromatic heterocycles. The Morgan fingerprint density at radius 2 is 2.23 bits per heavy atom. The molecular formula is C11H13ClO. The van der Waals surface area contributed by atoms with Crippen LogP contribution in [0.1, 0.15) is 35.7 Å². The van der Waals surface area contributed by atoms with E-state index in [1.165, 1.54) is 0 Å². The van der Waals surface area contributed by atoms with Crippen molar-refractivity contribution in [2.75, 3.05) is 0 Å². The molecule has 70 valence electrons. The summed E-state index contributed by atoms with van der Waals surface area (Å²) in [5.41, 5.74) is 1.82. The van der Waals surface area contributed by atoms with Gasteiger partial charge in [-0.25, -0.2) is 0 Å². The summed E-state index contributed by atoms with van der Waals surface area (Å²) in [6.45, 7) is 2.13. The van der Waals surface area contributed by atoms with Crippen molar-refractivity contribution in [2.45, 2.75) is 26.2 Å². The van der Waals surface area contributed by atoms with Crippen LogP contribution in [0.2, 0.25) is 5.02 Å². The van der Waals surface area contributed by atoms with Crippen LogP contribution in [0.5, 0.6) is 0 Å². The molecular weight excluding hydrogens is 184 g/mol. The number of benzene rings is 1. The lowest BCUT2D eigenvalue weighted by molar-refractivity contribution is 0.112. The molecule has 0 atom stereocenters. The fourth-order valence-corrected chi connectivity index (χ4v) is 1.47. The standard InChI is InChI=1S/C11H13ClO/c1-2-3-4-9-7-11(12)6-5-10(9)8-13/h5-8H,2-4H2,1H3. The number of halogens is 1. The fourth-order valence-electron chi connectivity index (χ4n) is 1.27. The summed E-state index contributed by atoms with van der Waals surface area (Å²) >= 11 is 5.84. The Hall–Kier alpha value is -0.820. The van der Waals surface area contributed by atoms with Crippen molar-refractivity contribution in [1.82, 2.24) is 0 Å². The molecule has 1 aromatic carbocycles. The van der Waals surface area contributed by atoms with Crippen LogP contribution in [-0.2, 0) is 6.42 Å². The van der Waals surface area contributed by atoms with E-state index in [0.29, 0.717) is 5.02 Å². The number of aldehydes is 1. The van der Waals surface area contributed by atoms with Crippen molar-refractivity contribution in [3.05, 3.63) is 34.3 Å². The predicted molar refractivity (Wildman–Crippen MR) is 55.5 cm³/mol. The molecule has 0 fully saturated rings. The first-order valence-electron chi connectivity index (χ1n) is 4.51. The Kier molecular flexibility index (Phi) is 3.97. The van der Waals surface area contributed by atoms with Gasteiger partial charge in [0.2, 0.25) is 0 Å². The molecule has 0 radical (unpaired) electrons. The van der Waals surface area contributed by atoms with Gasteiger partial charge in [0.15, 0.2) is 0 Å². The predicted octanol–water partition coefficient (Wildman–Crippen LogP) is 3.50. The lowest BCUT2D eigenvalue weighted by atomic mass is 10.0. The Morgan fingerprint density at radius 1 is 1.46 bits per heavy atom. The summed E-state index contributed by atoms with van der Waals surface area (Å²) < 4.78 is 0. The number of aryl methyl sites for hydroxylation is 1. The molecule has 0 aliphatic heterocycles. The van der Waals surface area contributed by atoms with Gasteiger partial charge in [0.25, 0.3) is 0 Å². The zero-order chi connectivity index (χ0) is 9.68. The van der Waals surface area contributed by atoms with Gasteiger partial charge in [-0.2, -0.15) is 0 Å². The van der Waals surface area contributed by atoms with Crippen molar-refractivity contribution in [2.24, 2.45) is 0 Å². The van der Waals surface area contributed by atoms with E-state index in [9.17, 15) is 4.79 Å². The second-order valence-corrected chi connectivity index (χ2v) is 3.50. The number of hydrogen-bond donors (Lipinski definition) is 0. The quantitative estimate of drug-likeness (QED) is 0.674. The van der Waals surface area contributed by atoms with Crippen LogP contribution >= 0.6 is 11.6 Å². The molecule has 0 unspecified atom stereocenters. The lowest BCUT2D eigenvalue weighted by Crippen LogP contribution is -1.92. The summed E-state index contributed by atoms with van der Waals surface area (Å²) in [7, 11) is 0. The lowest BCUT2D eigenvalue weighted by Gasteiger charge is -2.03. The minimum Gasteiger partial charge on any atom is -0.298 e. The molecule has 0 spiro atoms. The maximum Gasteiger partial charge on any atom is 0.150 e. The van der Waals surface area contributed by atoms with Crippen LogP contribution in [0, 0.1) is 0 Å². The molecule has 0 aliphatic carbocycles. The maximum atomic E-state index is 10.7. The van der Waals surface area contributed by atoms with Gasteiger partial charge < -0.3 is 0 Å². The third kappa shape index (κ3) is 2.85. The highest BCUT2D eigenvalue weighted by Crippen LogP contribution is 2.16. The van der Waals surface area contributed by atoms with Crippen LogP contribution in [0.25, 0.3) is 0 Å². The van der Waals surface area contributed by atoms with Gasteiger partial charge in [-0.3, -0.25) is 4.79 Å². The molecule has 1 aromatic rings. The summed E-state index contributed by atoms with van der Waals surface area (Å²) in [5.74, 6) is 0. The number of hydrogen-bond acceptors (Lipinski definition) is 1. The molecule has 0 N–H and O–H groups in total. The minimum absolute atomic E-state index is 0.705. The Labute approximate surface area is 83.7 Å². The number of carbonyl (C=O) groups excluding carboxylic acids is 1. The maximum absolute atomic E-state index is 10.7. The highest BCUT2D eigenvalue weighted by molar-refractivity contribution is 6.30. The Bertz CT molecular complexity index is 294.